The van der Waals surface area contributed by atoms with Gasteiger partial charge in [0.05, 0.1) is 19.3 Å². The van der Waals surface area contributed by atoms with E-state index < -0.39 is 5.97 Å². The summed E-state index contributed by atoms with van der Waals surface area (Å²) in [4.78, 5) is 11.5. The summed E-state index contributed by atoms with van der Waals surface area (Å²) in [6.07, 6.45) is 0. The third kappa shape index (κ3) is 2.71. The summed E-state index contributed by atoms with van der Waals surface area (Å²) in [6, 6.07) is 9.86. The molecule has 0 atom stereocenters. The number of aromatic hydroxyl groups is 1. The first-order valence-electron chi connectivity index (χ1n) is 6.34. The van der Waals surface area contributed by atoms with Crippen LogP contribution in [0.25, 0.3) is 0 Å². The van der Waals surface area contributed by atoms with E-state index in [4.69, 9.17) is 9.39 Å². The zero-order chi connectivity index (χ0) is 14.8. The van der Waals surface area contributed by atoms with Gasteiger partial charge in [0, 0.05) is 0 Å². The van der Waals surface area contributed by atoms with Crippen LogP contribution < -0.4 is 10.2 Å². The number of rotatable bonds is 3. The number of hydrogen-bond acceptors (Lipinski definition) is 5. The van der Waals surface area contributed by atoms with Crippen molar-refractivity contribution >= 4 is 18.9 Å². The molecule has 5 nitrogen and oxygen atoms in total. The van der Waals surface area contributed by atoms with E-state index >= 15 is 0 Å². The Kier molecular flexibility index (Phi) is 3.54. The molecule has 1 radical (unpaired) electrons. The van der Waals surface area contributed by atoms with Gasteiger partial charge in [0.1, 0.15) is 5.75 Å². The first kappa shape index (κ1) is 13.5. The Balaban J connectivity index is 1.89. The largest absolute Gasteiger partial charge is 0.504 e. The minimum absolute atomic E-state index is 0.0242. The number of hydrogen-bond donors (Lipinski definition) is 1. The molecule has 1 N–H and O–H groups in total. The van der Waals surface area contributed by atoms with Gasteiger partial charge in [-0.05, 0) is 41.4 Å². The van der Waals surface area contributed by atoms with Crippen LogP contribution in [0.4, 0.5) is 0 Å². The molecule has 0 saturated carbocycles. The monoisotopic (exact) mass is 283 g/mol. The molecule has 2 aromatic rings. The quantitative estimate of drug-likeness (QED) is 0.686. The number of methoxy groups -OCH3 is 1. The first-order valence-corrected chi connectivity index (χ1v) is 6.34. The maximum absolute atomic E-state index is 11.5. The van der Waals surface area contributed by atoms with Crippen molar-refractivity contribution < 1.29 is 24.0 Å². The fourth-order valence-corrected chi connectivity index (χ4v) is 2.10. The number of carbonyl (C=O) groups is 1. The van der Waals surface area contributed by atoms with Crippen LogP contribution in [0.1, 0.15) is 15.9 Å². The van der Waals surface area contributed by atoms with Gasteiger partial charge in [-0.25, -0.2) is 4.79 Å². The number of benzene rings is 2. The lowest BCUT2D eigenvalue weighted by atomic mass is 9.87. The first-order chi connectivity index (χ1) is 10.2. The molecule has 0 amide bonds. The summed E-state index contributed by atoms with van der Waals surface area (Å²) in [5, 5.41) is 9.97. The zero-order valence-electron chi connectivity index (χ0n) is 11.3. The number of ether oxygens (including phenoxy) is 2. The van der Waals surface area contributed by atoms with Gasteiger partial charge in [-0.1, -0.05) is 6.07 Å². The van der Waals surface area contributed by atoms with Crippen molar-refractivity contribution in [1.29, 1.82) is 0 Å². The second-order valence-corrected chi connectivity index (χ2v) is 4.57. The maximum Gasteiger partial charge on any atom is 0.337 e. The number of fused-ring (bicyclic) bond motifs is 1. The molecule has 6 heteroatoms. The SMILES string of the molecule is COC(=O)c1cccc(Oc2cc3c(cc2O)CO[B]3)c1. The third-order valence-electron chi connectivity index (χ3n) is 3.15. The summed E-state index contributed by atoms with van der Waals surface area (Å²) in [6.45, 7) is 0.445. The minimum Gasteiger partial charge on any atom is -0.504 e. The van der Waals surface area contributed by atoms with Gasteiger partial charge in [-0.2, -0.15) is 0 Å². The molecule has 1 heterocycles. The molecule has 0 aliphatic carbocycles. The highest BCUT2D eigenvalue weighted by Gasteiger charge is 2.18. The van der Waals surface area contributed by atoms with Crippen LogP contribution in [0, 0.1) is 0 Å². The number of phenols is 1. The van der Waals surface area contributed by atoms with Gasteiger partial charge in [-0.3, -0.25) is 0 Å². The summed E-state index contributed by atoms with van der Waals surface area (Å²) >= 11 is 0. The van der Waals surface area contributed by atoms with Gasteiger partial charge in [0.15, 0.2) is 11.5 Å². The van der Waals surface area contributed by atoms with Crippen molar-refractivity contribution in [2.24, 2.45) is 0 Å². The molecule has 0 aromatic heterocycles. The van der Waals surface area contributed by atoms with Crippen LogP contribution in [-0.4, -0.2) is 25.7 Å². The normalized spacial score (nSPS) is 12.4. The maximum atomic E-state index is 11.5. The van der Waals surface area contributed by atoms with Gasteiger partial charge in [0.2, 0.25) is 0 Å². The van der Waals surface area contributed by atoms with Gasteiger partial charge in [0.25, 0.3) is 0 Å². The van der Waals surface area contributed by atoms with Crippen molar-refractivity contribution in [3.8, 4) is 17.2 Å². The second kappa shape index (κ2) is 5.50. The van der Waals surface area contributed by atoms with E-state index in [2.05, 4.69) is 4.74 Å². The third-order valence-corrected chi connectivity index (χ3v) is 3.15. The van der Waals surface area contributed by atoms with Crippen LogP contribution in [0.5, 0.6) is 17.2 Å². The van der Waals surface area contributed by atoms with E-state index in [1.165, 1.54) is 7.11 Å². The summed E-state index contributed by atoms with van der Waals surface area (Å²) in [5.74, 6) is 0.320. The fraction of sp³-hybridized carbons (Fsp3) is 0.133. The predicted octanol–water partition coefficient (Wildman–Crippen LogP) is 1.75. The topological polar surface area (TPSA) is 65.0 Å². The average Bonchev–Trinajstić information content (AvgIpc) is 2.94. The molecule has 3 rings (SSSR count). The molecule has 0 bridgehead atoms. The molecule has 105 valence electrons. The fourth-order valence-electron chi connectivity index (χ4n) is 2.10. The average molecular weight is 283 g/mol. The Morgan fingerprint density at radius 3 is 3.00 bits per heavy atom. The van der Waals surface area contributed by atoms with Crippen LogP contribution in [0.15, 0.2) is 36.4 Å². The van der Waals surface area contributed by atoms with Crippen molar-refractivity contribution in [1.82, 2.24) is 0 Å². The van der Waals surface area contributed by atoms with E-state index in [1.807, 2.05) is 0 Å². The van der Waals surface area contributed by atoms with Crippen LogP contribution in [0.2, 0.25) is 0 Å². The molecule has 0 unspecified atom stereocenters. The van der Waals surface area contributed by atoms with E-state index in [9.17, 15) is 9.90 Å². The molecule has 0 saturated heterocycles. The van der Waals surface area contributed by atoms with Gasteiger partial charge < -0.3 is 19.2 Å². The summed E-state index contributed by atoms with van der Waals surface area (Å²) in [5.41, 5.74) is 2.15. The molecule has 21 heavy (non-hydrogen) atoms. The second-order valence-electron chi connectivity index (χ2n) is 4.57. The van der Waals surface area contributed by atoms with E-state index in [-0.39, 0.29) is 5.75 Å². The lowest BCUT2D eigenvalue weighted by Gasteiger charge is -2.10. The Hall–Kier alpha value is -2.47. The number of phenolic OH excluding ortho intramolecular Hbond substituents is 1. The van der Waals surface area contributed by atoms with Crippen molar-refractivity contribution in [2.45, 2.75) is 6.61 Å². The highest BCUT2D eigenvalue weighted by molar-refractivity contribution is 6.49. The Labute approximate surface area is 122 Å². The van der Waals surface area contributed by atoms with Crippen LogP contribution >= 0.6 is 0 Å². The lowest BCUT2D eigenvalue weighted by molar-refractivity contribution is 0.0600. The summed E-state index contributed by atoms with van der Waals surface area (Å²) in [7, 11) is 2.94. The standard InChI is InChI=1S/C15H12BO5/c1-19-15(18)9-3-2-4-11(5-9)21-14-7-12-10(6-13(14)17)8-20-16-12/h2-7,17H,8H2,1H3. The number of esters is 1. The predicted molar refractivity (Wildman–Crippen MR) is 76.1 cm³/mol. The lowest BCUT2D eigenvalue weighted by Crippen LogP contribution is -2.11. The van der Waals surface area contributed by atoms with E-state index in [1.54, 1.807) is 43.9 Å². The number of carbonyl (C=O) groups excluding carboxylic acids is 1. The molecular formula is C15H12BO5. The molecule has 0 fully saturated rings. The van der Waals surface area contributed by atoms with E-state index in [0.29, 0.717) is 23.7 Å². The van der Waals surface area contributed by atoms with E-state index in [0.717, 1.165) is 11.0 Å². The van der Waals surface area contributed by atoms with Gasteiger partial charge in [-0.15, -0.1) is 0 Å². The van der Waals surface area contributed by atoms with Crippen molar-refractivity contribution in [3.63, 3.8) is 0 Å². The molecule has 2 aromatic carbocycles. The van der Waals surface area contributed by atoms with Crippen LogP contribution in [-0.2, 0) is 16.0 Å². The van der Waals surface area contributed by atoms with Crippen molar-refractivity contribution in [2.75, 3.05) is 7.11 Å². The Morgan fingerprint density at radius 1 is 1.33 bits per heavy atom. The highest BCUT2D eigenvalue weighted by Crippen LogP contribution is 2.32. The molecular weight excluding hydrogens is 271 g/mol. The molecule has 0 spiro atoms. The molecule has 1 aliphatic heterocycles. The zero-order valence-corrected chi connectivity index (χ0v) is 11.3. The summed E-state index contributed by atoms with van der Waals surface area (Å²) < 4.78 is 15.5. The van der Waals surface area contributed by atoms with Crippen molar-refractivity contribution in [3.05, 3.63) is 47.5 Å². The highest BCUT2D eigenvalue weighted by atomic mass is 16.5. The smallest absolute Gasteiger partial charge is 0.337 e. The Bertz CT molecular complexity index is 698. The Morgan fingerprint density at radius 2 is 2.19 bits per heavy atom. The van der Waals surface area contributed by atoms with Crippen LogP contribution in [0.3, 0.4) is 0 Å². The van der Waals surface area contributed by atoms with Gasteiger partial charge >= 0.3 is 13.5 Å². The molecule has 1 aliphatic rings. The minimum atomic E-state index is -0.444.